The van der Waals surface area contributed by atoms with E-state index in [9.17, 15) is 0 Å². The molecule has 15 heavy (non-hydrogen) atoms. The van der Waals surface area contributed by atoms with Crippen LogP contribution in [0.25, 0.3) is 0 Å². The van der Waals surface area contributed by atoms with Crippen LogP contribution in [-0.4, -0.2) is 12.7 Å². The average Bonchev–Trinajstić information content (AvgIpc) is 2.31. The molecule has 1 aliphatic heterocycles. The first-order chi connectivity index (χ1) is 7.40. The Labute approximate surface area is 91.8 Å². The monoisotopic (exact) mass is 202 g/mol. The zero-order valence-corrected chi connectivity index (χ0v) is 9.06. The minimum absolute atomic E-state index is 0.376. The molecule has 0 bridgehead atoms. The van der Waals surface area contributed by atoms with Crippen LogP contribution in [0.5, 0.6) is 0 Å². The Bertz CT molecular complexity index is 304. The first-order valence-corrected chi connectivity index (χ1v) is 5.67. The fraction of sp³-hybridized carbons (Fsp3) is 0.429. The first-order valence-electron chi connectivity index (χ1n) is 5.67. The zero-order valence-electron chi connectivity index (χ0n) is 9.06. The molecule has 1 aliphatic rings. The molecule has 1 nitrogen and oxygen atoms in total. The van der Waals surface area contributed by atoms with Gasteiger partial charge >= 0.3 is 0 Å². The summed E-state index contributed by atoms with van der Waals surface area (Å²) in [4.78, 5) is 0. The van der Waals surface area contributed by atoms with Crippen molar-refractivity contribution in [2.45, 2.75) is 31.3 Å². The zero-order chi connectivity index (χ0) is 10.5. The van der Waals surface area contributed by atoms with Crippen molar-refractivity contribution in [1.82, 2.24) is 0 Å². The summed E-state index contributed by atoms with van der Waals surface area (Å²) in [6.07, 6.45) is 5.59. The van der Waals surface area contributed by atoms with Crippen molar-refractivity contribution in [3.8, 4) is 0 Å². The predicted octanol–water partition coefficient (Wildman–Crippen LogP) is 3.53. The summed E-state index contributed by atoms with van der Waals surface area (Å²) in [5.41, 5.74) is 1.45. The maximum absolute atomic E-state index is 5.70. The second kappa shape index (κ2) is 5.13. The van der Waals surface area contributed by atoms with Crippen molar-refractivity contribution < 1.29 is 4.74 Å². The molecule has 0 aliphatic carbocycles. The second-order valence-electron chi connectivity index (χ2n) is 4.15. The summed E-state index contributed by atoms with van der Waals surface area (Å²) in [6.45, 7) is 4.66. The Morgan fingerprint density at radius 1 is 1.33 bits per heavy atom. The Morgan fingerprint density at radius 3 is 2.87 bits per heavy atom. The molecule has 0 unspecified atom stereocenters. The normalized spacial score (nSPS) is 26.1. The molecule has 0 saturated carbocycles. The number of hydrogen-bond acceptors (Lipinski definition) is 1. The smallest absolute Gasteiger partial charge is 0.0615 e. The number of hydrogen-bond donors (Lipinski definition) is 0. The van der Waals surface area contributed by atoms with Crippen molar-refractivity contribution in [2.75, 3.05) is 6.61 Å². The first kappa shape index (κ1) is 10.4. The highest BCUT2D eigenvalue weighted by molar-refractivity contribution is 5.20. The number of rotatable bonds is 3. The summed E-state index contributed by atoms with van der Waals surface area (Å²) in [7, 11) is 0. The van der Waals surface area contributed by atoms with Gasteiger partial charge in [0.2, 0.25) is 0 Å². The van der Waals surface area contributed by atoms with E-state index in [4.69, 9.17) is 4.74 Å². The highest BCUT2D eigenvalue weighted by Crippen LogP contribution is 2.30. The van der Waals surface area contributed by atoms with E-state index in [1.165, 1.54) is 5.56 Å². The third kappa shape index (κ3) is 2.69. The van der Waals surface area contributed by atoms with Gasteiger partial charge in [-0.1, -0.05) is 36.4 Å². The minimum atomic E-state index is 0.376. The largest absolute Gasteiger partial charge is 0.378 e. The molecule has 1 heterocycles. The standard InChI is InChI=1S/C14H18O/c1-2-6-14-11-13(9-10-15-14)12-7-4-3-5-8-12/h2-5,7-8,13-14H,1,6,9-11H2/t13-,14-/m0/s1. The van der Waals surface area contributed by atoms with E-state index in [2.05, 4.69) is 36.9 Å². The average molecular weight is 202 g/mol. The van der Waals surface area contributed by atoms with Gasteiger partial charge in [-0.2, -0.15) is 0 Å². The second-order valence-corrected chi connectivity index (χ2v) is 4.15. The molecular weight excluding hydrogens is 184 g/mol. The molecule has 0 spiro atoms. The van der Waals surface area contributed by atoms with Crippen molar-refractivity contribution in [1.29, 1.82) is 0 Å². The van der Waals surface area contributed by atoms with Gasteiger partial charge in [0.15, 0.2) is 0 Å². The van der Waals surface area contributed by atoms with Crippen LogP contribution < -0.4 is 0 Å². The van der Waals surface area contributed by atoms with Gasteiger partial charge in [-0.15, -0.1) is 6.58 Å². The maximum atomic E-state index is 5.70. The summed E-state index contributed by atoms with van der Waals surface area (Å²) >= 11 is 0. The maximum Gasteiger partial charge on any atom is 0.0615 e. The van der Waals surface area contributed by atoms with Crippen molar-refractivity contribution in [2.24, 2.45) is 0 Å². The lowest BCUT2D eigenvalue weighted by atomic mass is 9.88. The van der Waals surface area contributed by atoms with Crippen LogP contribution >= 0.6 is 0 Å². The Balaban J connectivity index is 2.01. The Hall–Kier alpha value is -1.08. The van der Waals surface area contributed by atoms with E-state index >= 15 is 0 Å². The van der Waals surface area contributed by atoms with Crippen LogP contribution in [0, 0.1) is 0 Å². The molecule has 1 aromatic carbocycles. The SMILES string of the molecule is C=CC[C@H]1C[C@@H](c2ccccc2)CCO1. The van der Waals surface area contributed by atoms with Gasteiger partial charge in [-0.3, -0.25) is 0 Å². The van der Waals surface area contributed by atoms with Gasteiger partial charge in [0.1, 0.15) is 0 Å². The quantitative estimate of drug-likeness (QED) is 0.681. The Morgan fingerprint density at radius 2 is 2.13 bits per heavy atom. The van der Waals surface area contributed by atoms with E-state index in [1.807, 2.05) is 6.08 Å². The fourth-order valence-electron chi connectivity index (χ4n) is 2.26. The van der Waals surface area contributed by atoms with Crippen LogP contribution in [0.15, 0.2) is 43.0 Å². The molecule has 0 radical (unpaired) electrons. The van der Waals surface area contributed by atoms with Crippen molar-refractivity contribution >= 4 is 0 Å². The van der Waals surface area contributed by atoms with Crippen LogP contribution in [0.1, 0.15) is 30.7 Å². The molecule has 80 valence electrons. The minimum Gasteiger partial charge on any atom is -0.378 e. The fourth-order valence-corrected chi connectivity index (χ4v) is 2.26. The van der Waals surface area contributed by atoms with E-state index in [0.717, 1.165) is 25.9 Å². The van der Waals surface area contributed by atoms with E-state index in [-0.39, 0.29) is 0 Å². The van der Waals surface area contributed by atoms with Crippen LogP contribution in [0.4, 0.5) is 0 Å². The van der Waals surface area contributed by atoms with Gasteiger partial charge in [0, 0.05) is 6.61 Å². The predicted molar refractivity (Wildman–Crippen MR) is 63.0 cm³/mol. The molecule has 1 saturated heterocycles. The van der Waals surface area contributed by atoms with Crippen molar-refractivity contribution in [3.05, 3.63) is 48.6 Å². The molecule has 0 aromatic heterocycles. The van der Waals surface area contributed by atoms with Crippen LogP contribution in [0.3, 0.4) is 0 Å². The summed E-state index contributed by atoms with van der Waals surface area (Å²) in [5.74, 6) is 0.671. The molecular formula is C14H18O. The van der Waals surface area contributed by atoms with Gasteiger partial charge in [0.25, 0.3) is 0 Å². The van der Waals surface area contributed by atoms with E-state index < -0.39 is 0 Å². The lowest BCUT2D eigenvalue weighted by molar-refractivity contribution is 0.00891. The summed E-state index contributed by atoms with van der Waals surface area (Å²) in [5, 5.41) is 0. The van der Waals surface area contributed by atoms with Gasteiger partial charge < -0.3 is 4.74 Å². The summed E-state index contributed by atoms with van der Waals surface area (Å²) in [6, 6.07) is 10.8. The highest BCUT2D eigenvalue weighted by atomic mass is 16.5. The van der Waals surface area contributed by atoms with Crippen molar-refractivity contribution in [3.63, 3.8) is 0 Å². The van der Waals surface area contributed by atoms with Gasteiger partial charge in [-0.05, 0) is 30.7 Å². The molecule has 0 amide bonds. The van der Waals surface area contributed by atoms with Gasteiger partial charge in [-0.25, -0.2) is 0 Å². The molecule has 1 heteroatoms. The van der Waals surface area contributed by atoms with Gasteiger partial charge in [0.05, 0.1) is 6.10 Å². The van der Waals surface area contributed by atoms with E-state index in [1.54, 1.807) is 0 Å². The highest BCUT2D eigenvalue weighted by Gasteiger charge is 2.22. The van der Waals surface area contributed by atoms with E-state index in [0.29, 0.717) is 12.0 Å². The topological polar surface area (TPSA) is 9.23 Å². The lowest BCUT2D eigenvalue weighted by Gasteiger charge is -2.29. The van der Waals surface area contributed by atoms with Crippen LogP contribution in [0.2, 0.25) is 0 Å². The third-order valence-electron chi connectivity index (χ3n) is 3.07. The molecule has 2 atom stereocenters. The summed E-state index contributed by atoms with van der Waals surface area (Å²) < 4.78 is 5.70. The van der Waals surface area contributed by atoms with Crippen LogP contribution in [-0.2, 0) is 4.74 Å². The Kier molecular flexibility index (Phi) is 3.57. The number of ether oxygens (including phenoxy) is 1. The molecule has 0 N–H and O–H groups in total. The molecule has 2 rings (SSSR count). The third-order valence-corrected chi connectivity index (χ3v) is 3.07. The molecule has 1 aromatic rings. The number of benzene rings is 1. The molecule has 1 fully saturated rings. The lowest BCUT2D eigenvalue weighted by Crippen LogP contribution is -2.23.